The largest absolute Gasteiger partial charge is 1.00 e. The predicted octanol–water partition coefficient (Wildman–Crippen LogP) is 1.20. The molecular formula is C18H26ClN. The second-order valence-electron chi connectivity index (χ2n) is 6.02. The minimum Gasteiger partial charge on any atom is -1.00 e. The Bertz CT molecular complexity index is 465. The van der Waals surface area contributed by atoms with E-state index >= 15 is 0 Å². The summed E-state index contributed by atoms with van der Waals surface area (Å²) in [6.45, 7) is 5.34. The Balaban J connectivity index is 0.000000359. The molecule has 0 aliphatic heterocycles. The predicted molar refractivity (Wildman–Crippen MR) is 84.1 cm³/mol. The molecule has 0 radical (unpaired) electrons. The zero-order chi connectivity index (χ0) is 14.3. The highest BCUT2D eigenvalue weighted by molar-refractivity contribution is 5.23. The Hall–Kier alpha value is -1.31. The van der Waals surface area contributed by atoms with Crippen molar-refractivity contribution in [2.24, 2.45) is 0 Å². The van der Waals surface area contributed by atoms with Crippen molar-refractivity contribution >= 4 is 0 Å². The molecule has 0 atom stereocenters. The average Bonchev–Trinajstić information content (AvgIpc) is 2.33. The third-order valence-electron chi connectivity index (χ3n) is 2.93. The first-order chi connectivity index (χ1) is 8.88. The zero-order valence-corrected chi connectivity index (χ0v) is 14.0. The quantitative estimate of drug-likeness (QED) is 0.730. The van der Waals surface area contributed by atoms with Crippen molar-refractivity contribution in [2.45, 2.75) is 20.4 Å². The molecule has 2 aromatic rings. The molecule has 0 heterocycles. The van der Waals surface area contributed by atoms with Gasteiger partial charge in [0.1, 0.15) is 6.54 Å². The summed E-state index contributed by atoms with van der Waals surface area (Å²) < 4.78 is 0.990. The van der Waals surface area contributed by atoms with Gasteiger partial charge in [-0.3, -0.25) is 0 Å². The van der Waals surface area contributed by atoms with Gasteiger partial charge in [0.2, 0.25) is 0 Å². The van der Waals surface area contributed by atoms with Crippen molar-refractivity contribution in [1.82, 2.24) is 0 Å². The molecule has 0 amide bonds. The van der Waals surface area contributed by atoms with Crippen LogP contribution in [0.3, 0.4) is 0 Å². The molecule has 0 saturated carbocycles. The van der Waals surface area contributed by atoms with E-state index < -0.39 is 0 Å². The second-order valence-corrected chi connectivity index (χ2v) is 6.02. The van der Waals surface area contributed by atoms with Crippen molar-refractivity contribution in [3.8, 4) is 0 Å². The van der Waals surface area contributed by atoms with Crippen LogP contribution in [0.4, 0.5) is 0 Å². The van der Waals surface area contributed by atoms with Crippen LogP contribution in [0, 0.1) is 13.8 Å². The number of nitrogens with zero attached hydrogens (tertiary/aromatic N) is 1. The van der Waals surface area contributed by atoms with Crippen LogP contribution in [-0.2, 0) is 6.54 Å². The summed E-state index contributed by atoms with van der Waals surface area (Å²) in [6, 6.07) is 18.9. The molecule has 110 valence electrons. The first-order valence-corrected chi connectivity index (χ1v) is 6.75. The fraction of sp³-hybridized carbons (Fsp3) is 0.333. The van der Waals surface area contributed by atoms with E-state index in [1.807, 2.05) is 0 Å². The van der Waals surface area contributed by atoms with Gasteiger partial charge in [0.25, 0.3) is 0 Å². The summed E-state index contributed by atoms with van der Waals surface area (Å²) >= 11 is 0. The van der Waals surface area contributed by atoms with Crippen LogP contribution in [0.25, 0.3) is 0 Å². The van der Waals surface area contributed by atoms with Crippen LogP contribution < -0.4 is 12.4 Å². The number of quaternary nitrogens is 1. The van der Waals surface area contributed by atoms with Crippen molar-refractivity contribution in [1.29, 1.82) is 0 Å². The van der Waals surface area contributed by atoms with Crippen LogP contribution >= 0.6 is 0 Å². The highest BCUT2D eigenvalue weighted by Gasteiger charge is 2.06. The highest BCUT2D eigenvalue weighted by Crippen LogP contribution is 2.05. The summed E-state index contributed by atoms with van der Waals surface area (Å²) in [5.41, 5.74) is 4.14. The number of hydrogen-bond donors (Lipinski definition) is 0. The van der Waals surface area contributed by atoms with Crippen LogP contribution in [0.1, 0.15) is 16.7 Å². The number of hydrogen-bond acceptors (Lipinski definition) is 0. The number of benzene rings is 2. The minimum absolute atomic E-state index is 0. The summed E-state index contributed by atoms with van der Waals surface area (Å²) in [6.07, 6.45) is 0. The molecule has 2 aromatic carbocycles. The van der Waals surface area contributed by atoms with Gasteiger partial charge in [-0.2, -0.15) is 0 Å². The molecule has 0 aromatic heterocycles. The molecular weight excluding hydrogens is 266 g/mol. The van der Waals surface area contributed by atoms with Crippen molar-refractivity contribution in [3.05, 3.63) is 71.3 Å². The molecule has 0 fully saturated rings. The minimum atomic E-state index is 0. The summed E-state index contributed by atoms with van der Waals surface area (Å²) in [5.74, 6) is 0. The zero-order valence-electron chi connectivity index (χ0n) is 13.2. The SMILES string of the molecule is C[N+](C)(C)Cc1ccccc1.Cc1ccccc1C.[Cl-]. The van der Waals surface area contributed by atoms with E-state index in [1.165, 1.54) is 16.7 Å². The fourth-order valence-corrected chi connectivity index (χ4v) is 1.79. The molecule has 2 heteroatoms. The normalized spacial score (nSPS) is 10.1. The smallest absolute Gasteiger partial charge is 0.104 e. The number of halogens is 1. The lowest BCUT2D eigenvalue weighted by molar-refractivity contribution is -0.884. The van der Waals surface area contributed by atoms with E-state index in [4.69, 9.17) is 0 Å². The molecule has 20 heavy (non-hydrogen) atoms. The van der Waals surface area contributed by atoms with Gasteiger partial charge in [-0.1, -0.05) is 54.6 Å². The lowest BCUT2D eigenvalue weighted by atomic mass is 10.1. The Labute approximate surface area is 130 Å². The summed E-state index contributed by atoms with van der Waals surface area (Å²) in [4.78, 5) is 0. The molecule has 0 aliphatic carbocycles. The van der Waals surface area contributed by atoms with E-state index in [2.05, 4.69) is 89.6 Å². The first kappa shape index (κ1) is 18.7. The van der Waals surface area contributed by atoms with Gasteiger partial charge in [-0.15, -0.1) is 0 Å². The molecule has 0 spiro atoms. The monoisotopic (exact) mass is 291 g/mol. The van der Waals surface area contributed by atoms with Gasteiger partial charge < -0.3 is 16.9 Å². The average molecular weight is 292 g/mol. The number of rotatable bonds is 2. The van der Waals surface area contributed by atoms with E-state index in [9.17, 15) is 0 Å². The van der Waals surface area contributed by atoms with E-state index in [0.717, 1.165) is 11.0 Å². The topological polar surface area (TPSA) is 0 Å². The van der Waals surface area contributed by atoms with Crippen LogP contribution in [-0.4, -0.2) is 25.6 Å². The van der Waals surface area contributed by atoms with Gasteiger partial charge in [0, 0.05) is 5.56 Å². The van der Waals surface area contributed by atoms with Crippen molar-refractivity contribution < 1.29 is 16.9 Å². The standard InChI is InChI=1S/C10H16N.C8H10.ClH/c1-11(2,3)9-10-7-5-4-6-8-10;1-7-5-3-4-6-8(7)2;/h4-8H,9H2,1-3H3;3-6H,1-2H3;1H/q+1;;/p-1. The van der Waals surface area contributed by atoms with Gasteiger partial charge in [-0.25, -0.2) is 0 Å². The maximum atomic E-state index is 2.20. The maximum Gasteiger partial charge on any atom is 0.104 e. The Kier molecular flexibility index (Phi) is 8.21. The van der Waals surface area contributed by atoms with Crippen LogP contribution in [0.2, 0.25) is 0 Å². The first-order valence-electron chi connectivity index (χ1n) is 6.75. The fourth-order valence-electron chi connectivity index (χ4n) is 1.79. The van der Waals surface area contributed by atoms with Crippen LogP contribution in [0.15, 0.2) is 54.6 Å². The second kappa shape index (κ2) is 8.78. The van der Waals surface area contributed by atoms with Gasteiger partial charge in [0.15, 0.2) is 0 Å². The molecule has 0 unspecified atom stereocenters. The molecule has 0 aliphatic rings. The van der Waals surface area contributed by atoms with Gasteiger partial charge >= 0.3 is 0 Å². The van der Waals surface area contributed by atoms with E-state index in [1.54, 1.807) is 0 Å². The molecule has 2 rings (SSSR count). The van der Waals surface area contributed by atoms with E-state index in [0.29, 0.717) is 0 Å². The Morgan fingerprint density at radius 2 is 1.10 bits per heavy atom. The summed E-state index contributed by atoms with van der Waals surface area (Å²) in [7, 11) is 6.60. The highest BCUT2D eigenvalue weighted by atomic mass is 35.5. The molecule has 1 nitrogen and oxygen atoms in total. The molecule has 0 saturated heterocycles. The Morgan fingerprint density at radius 1 is 0.700 bits per heavy atom. The molecule has 0 N–H and O–H groups in total. The lowest BCUT2D eigenvalue weighted by Gasteiger charge is -2.23. The molecule has 0 bridgehead atoms. The maximum absolute atomic E-state index is 2.20. The van der Waals surface area contributed by atoms with Crippen molar-refractivity contribution in [2.75, 3.05) is 21.1 Å². The summed E-state index contributed by atoms with van der Waals surface area (Å²) in [5, 5.41) is 0. The Morgan fingerprint density at radius 3 is 1.45 bits per heavy atom. The van der Waals surface area contributed by atoms with E-state index in [-0.39, 0.29) is 12.4 Å². The van der Waals surface area contributed by atoms with Crippen LogP contribution in [0.5, 0.6) is 0 Å². The third-order valence-corrected chi connectivity index (χ3v) is 2.93. The number of aryl methyl sites for hydroxylation is 2. The van der Waals surface area contributed by atoms with Gasteiger partial charge in [0.05, 0.1) is 21.1 Å². The van der Waals surface area contributed by atoms with Gasteiger partial charge in [-0.05, 0) is 25.0 Å². The van der Waals surface area contributed by atoms with Crippen molar-refractivity contribution in [3.63, 3.8) is 0 Å². The lowest BCUT2D eigenvalue weighted by Crippen LogP contribution is -3.00. The third kappa shape index (κ3) is 7.98.